The zero-order valence-electron chi connectivity index (χ0n) is 18.1. The minimum absolute atomic E-state index is 0.0992. The van der Waals surface area contributed by atoms with Crippen LogP contribution >= 0.6 is 11.6 Å². The van der Waals surface area contributed by atoms with Crippen LogP contribution in [-0.2, 0) is 33.8 Å². The summed E-state index contributed by atoms with van der Waals surface area (Å²) in [6.45, 7) is 1.77. The van der Waals surface area contributed by atoms with Gasteiger partial charge in [-0.1, -0.05) is 35.9 Å². The molecule has 2 aromatic carbocycles. The Labute approximate surface area is 191 Å². The minimum Gasteiger partial charge on any atom is -0.469 e. The number of hydrogen-bond donors (Lipinski definition) is 0. The van der Waals surface area contributed by atoms with E-state index in [1.807, 2.05) is 17.0 Å². The van der Waals surface area contributed by atoms with Crippen LogP contribution < -0.4 is 0 Å². The molecule has 0 saturated heterocycles. The Morgan fingerprint density at radius 3 is 2.69 bits per heavy atom. The first-order chi connectivity index (χ1) is 15.5. The second-order valence-corrected chi connectivity index (χ2v) is 8.53. The molecule has 0 unspecified atom stereocenters. The molecule has 32 heavy (non-hydrogen) atoms. The Kier molecular flexibility index (Phi) is 6.80. The summed E-state index contributed by atoms with van der Waals surface area (Å²) in [5.41, 5.74) is 4.39. The number of carbonyl (C=O) groups excluding carboxylic acids is 2. The van der Waals surface area contributed by atoms with Crippen molar-refractivity contribution in [2.45, 2.75) is 45.2 Å². The van der Waals surface area contributed by atoms with Gasteiger partial charge in [0.2, 0.25) is 5.91 Å². The van der Waals surface area contributed by atoms with Gasteiger partial charge in [-0.3, -0.25) is 9.59 Å². The van der Waals surface area contributed by atoms with E-state index < -0.39 is 5.82 Å². The van der Waals surface area contributed by atoms with Crippen LogP contribution in [0.1, 0.15) is 42.5 Å². The Hall–Kier alpha value is -2.86. The lowest BCUT2D eigenvalue weighted by atomic mass is 10.0. The summed E-state index contributed by atoms with van der Waals surface area (Å²) in [6.07, 6.45) is 2.85. The number of aromatic nitrogens is 1. The van der Waals surface area contributed by atoms with Crippen LogP contribution in [0.25, 0.3) is 10.9 Å². The second-order valence-electron chi connectivity index (χ2n) is 8.13. The molecule has 2 heterocycles. The second kappa shape index (κ2) is 9.74. The summed E-state index contributed by atoms with van der Waals surface area (Å²) < 4.78 is 20.5. The van der Waals surface area contributed by atoms with Crippen LogP contribution in [0, 0.1) is 5.82 Å². The quantitative estimate of drug-likeness (QED) is 0.367. The number of esters is 1. The third-order valence-corrected chi connectivity index (χ3v) is 6.38. The van der Waals surface area contributed by atoms with E-state index >= 15 is 0 Å². The van der Waals surface area contributed by atoms with Crippen molar-refractivity contribution in [3.05, 3.63) is 70.1 Å². The monoisotopic (exact) mass is 456 g/mol. The van der Waals surface area contributed by atoms with Crippen LogP contribution in [0.15, 0.2) is 42.5 Å². The lowest BCUT2D eigenvalue weighted by Crippen LogP contribution is -2.36. The van der Waals surface area contributed by atoms with Gasteiger partial charge in [-0.15, -0.1) is 0 Å². The highest BCUT2D eigenvalue weighted by atomic mass is 35.5. The van der Waals surface area contributed by atoms with E-state index in [9.17, 15) is 14.0 Å². The SMILES string of the molecule is COC(=O)CCCCC(=O)N1CCc2c(n(Cc3ccc(F)c(Cl)c3)c3ccccc23)C1. The molecule has 0 atom stereocenters. The Morgan fingerprint density at radius 1 is 1.12 bits per heavy atom. The molecule has 1 aromatic heterocycles. The molecule has 1 aliphatic heterocycles. The number of benzene rings is 2. The number of halogens is 2. The molecular formula is C25H26ClFN2O3. The van der Waals surface area contributed by atoms with Gasteiger partial charge < -0.3 is 14.2 Å². The number of unbranched alkanes of at least 4 members (excludes halogenated alkanes) is 1. The van der Waals surface area contributed by atoms with Gasteiger partial charge in [0.25, 0.3) is 0 Å². The van der Waals surface area contributed by atoms with Crippen molar-refractivity contribution in [1.82, 2.24) is 9.47 Å². The number of hydrogen-bond acceptors (Lipinski definition) is 3. The maximum absolute atomic E-state index is 13.6. The lowest BCUT2D eigenvalue weighted by Gasteiger charge is -2.29. The predicted molar refractivity (Wildman–Crippen MR) is 122 cm³/mol. The number of fused-ring (bicyclic) bond motifs is 3. The fourth-order valence-electron chi connectivity index (χ4n) is 4.41. The topological polar surface area (TPSA) is 51.5 Å². The number of carbonyl (C=O) groups is 2. The van der Waals surface area contributed by atoms with Crippen molar-refractivity contribution in [3.8, 4) is 0 Å². The zero-order chi connectivity index (χ0) is 22.7. The van der Waals surface area contributed by atoms with Crippen LogP contribution in [0.5, 0.6) is 0 Å². The molecule has 0 radical (unpaired) electrons. The first-order valence-electron chi connectivity index (χ1n) is 10.9. The molecule has 4 rings (SSSR count). The standard InChI is InChI=1S/C25H26ClFN2O3/c1-32-25(31)9-5-4-8-24(30)28-13-12-19-18-6-2-3-7-22(18)29(23(19)16-28)15-17-10-11-21(27)20(26)14-17/h2-3,6-7,10-11,14H,4-5,8-9,12-13,15-16H2,1H3. The highest BCUT2D eigenvalue weighted by molar-refractivity contribution is 6.30. The molecule has 0 N–H and O–H groups in total. The molecular weight excluding hydrogens is 431 g/mol. The van der Waals surface area contributed by atoms with Gasteiger partial charge in [0, 0.05) is 42.5 Å². The van der Waals surface area contributed by atoms with E-state index in [-0.39, 0.29) is 16.9 Å². The predicted octanol–water partition coefficient (Wildman–Crippen LogP) is 5.10. The number of ether oxygens (including phenoxy) is 1. The summed E-state index contributed by atoms with van der Waals surface area (Å²) in [5.74, 6) is -0.577. The summed E-state index contributed by atoms with van der Waals surface area (Å²) in [7, 11) is 1.37. The van der Waals surface area contributed by atoms with Gasteiger partial charge in [-0.05, 0) is 48.6 Å². The average molecular weight is 457 g/mol. The highest BCUT2D eigenvalue weighted by Crippen LogP contribution is 2.32. The first kappa shape index (κ1) is 22.3. The van der Waals surface area contributed by atoms with Crippen molar-refractivity contribution < 1.29 is 18.7 Å². The number of rotatable bonds is 7. The smallest absolute Gasteiger partial charge is 0.305 e. The van der Waals surface area contributed by atoms with E-state index in [1.54, 1.807) is 12.1 Å². The Morgan fingerprint density at radius 2 is 1.91 bits per heavy atom. The zero-order valence-corrected chi connectivity index (χ0v) is 18.8. The van der Waals surface area contributed by atoms with Crippen LogP contribution in [0.4, 0.5) is 4.39 Å². The van der Waals surface area contributed by atoms with Gasteiger partial charge in [0.15, 0.2) is 0 Å². The Bertz CT molecular complexity index is 1160. The summed E-state index contributed by atoms with van der Waals surface area (Å²) >= 11 is 6.00. The van der Waals surface area contributed by atoms with Crippen molar-refractivity contribution in [2.24, 2.45) is 0 Å². The average Bonchev–Trinajstić information content (AvgIpc) is 3.11. The number of methoxy groups -OCH3 is 1. The molecule has 168 valence electrons. The van der Waals surface area contributed by atoms with Crippen molar-refractivity contribution in [1.29, 1.82) is 0 Å². The summed E-state index contributed by atoms with van der Waals surface area (Å²) in [6, 6.07) is 13.0. The summed E-state index contributed by atoms with van der Waals surface area (Å²) in [4.78, 5) is 26.0. The van der Waals surface area contributed by atoms with Gasteiger partial charge in [-0.25, -0.2) is 4.39 Å². The van der Waals surface area contributed by atoms with E-state index in [1.165, 1.54) is 24.1 Å². The molecule has 0 spiro atoms. The van der Waals surface area contributed by atoms with Crippen molar-refractivity contribution in [3.63, 3.8) is 0 Å². The maximum Gasteiger partial charge on any atom is 0.305 e. The van der Waals surface area contributed by atoms with Crippen LogP contribution in [0.3, 0.4) is 0 Å². The first-order valence-corrected chi connectivity index (χ1v) is 11.2. The normalized spacial score (nSPS) is 13.3. The molecule has 7 heteroatoms. The van der Waals surface area contributed by atoms with Gasteiger partial charge in [0.05, 0.1) is 18.7 Å². The van der Waals surface area contributed by atoms with E-state index in [2.05, 4.69) is 21.4 Å². The molecule has 0 aliphatic carbocycles. The number of amides is 1. The van der Waals surface area contributed by atoms with Crippen molar-refractivity contribution >= 4 is 34.4 Å². The summed E-state index contributed by atoms with van der Waals surface area (Å²) in [5, 5.41) is 1.30. The molecule has 0 fully saturated rings. The van der Waals surface area contributed by atoms with E-state index in [0.29, 0.717) is 45.3 Å². The third kappa shape index (κ3) is 4.65. The number of nitrogens with zero attached hydrogens (tertiary/aromatic N) is 2. The van der Waals surface area contributed by atoms with Gasteiger partial charge in [0.1, 0.15) is 5.82 Å². The molecule has 1 amide bonds. The third-order valence-electron chi connectivity index (χ3n) is 6.09. The fraction of sp³-hybridized carbons (Fsp3) is 0.360. The maximum atomic E-state index is 13.6. The lowest BCUT2D eigenvalue weighted by molar-refractivity contribution is -0.141. The molecule has 1 aliphatic rings. The van der Waals surface area contributed by atoms with Gasteiger partial charge >= 0.3 is 5.97 Å². The van der Waals surface area contributed by atoms with E-state index in [0.717, 1.165) is 23.2 Å². The molecule has 0 saturated carbocycles. The van der Waals surface area contributed by atoms with Gasteiger partial charge in [-0.2, -0.15) is 0 Å². The highest BCUT2D eigenvalue weighted by Gasteiger charge is 2.26. The molecule has 0 bridgehead atoms. The van der Waals surface area contributed by atoms with Crippen molar-refractivity contribution in [2.75, 3.05) is 13.7 Å². The largest absolute Gasteiger partial charge is 0.469 e. The molecule has 5 nitrogen and oxygen atoms in total. The molecule has 3 aromatic rings. The minimum atomic E-state index is -0.432. The fourth-order valence-corrected chi connectivity index (χ4v) is 4.62. The van der Waals surface area contributed by atoms with Crippen LogP contribution in [0.2, 0.25) is 5.02 Å². The van der Waals surface area contributed by atoms with Crippen LogP contribution in [-0.4, -0.2) is 35.0 Å². The number of para-hydroxylation sites is 1. The van der Waals surface area contributed by atoms with E-state index in [4.69, 9.17) is 11.6 Å². The Balaban J connectivity index is 1.55.